The van der Waals surface area contributed by atoms with Crippen molar-refractivity contribution in [3.8, 4) is 5.75 Å². The molecule has 1 aliphatic heterocycles. The zero-order chi connectivity index (χ0) is 19.7. The number of phenolic OH excluding ortho intramolecular Hbond substituents is 1. The maximum absolute atomic E-state index is 12.5. The summed E-state index contributed by atoms with van der Waals surface area (Å²) < 4.78 is 0. The Morgan fingerprint density at radius 1 is 1.07 bits per heavy atom. The first kappa shape index (κ1) is 17.9. The second-order valence-electron chi connectivity index (χ2n) is 6.89. The minimum atomic E-state index is -0.513. The fourth-order valence-corrected chi connectivity index (χ4v) is 3.47. The molecule has 0 aromatic heterocycles. The topological polar surface area (TPSA) is 82.3 Å². The van der Waals surface area contributed by atoms with Gasteiger partial charge in [0.25, 0.3) is 5.91 Å². The average molecular weight is 373 g/mol. The summed E-state index contributed by atoms with van der Waals surface area (Å²) in [7, 11) is 0. The van der Waals surface area contributed by atoms with Crippen molar-refractivity contribution < 1.29 is 14.7 Å². The third kappa shape index (κ3) is 3.24. The van der Waals surface area contributed by atoms with Crippen LogP contribution in [0.3, 0.4) is 0 Å². The molecule has 1 saturated heterocycles. The number of anilines is 1. The van der Waals surface area contributed by atoms with Gasteiger partial charge in [0.05, 0.1) is 11.6 Å². The van der Waals surface area contributed by atoms with Gasteiger partial charge in [-0.05, 0) is 30.7 Å². The van der Waals surface area contributed by atoms with Gasteiger partial charge in [-0.2, -0.15) is 0 Å². The van der Waals surface area contributed by atoms with Crippen LogP contribution in [-0.4, -0.2) is 23.5 Å². The van der Waals surface area contributed by atoms with Crippen LogP contribution in [-0.2, 0) is 9.59 Å². The van der Waals surface area contributed by atoms with E-state index in [9.17, 15) is 14.7 Å². The van der Waals surface area contributed by atoms with Crippen molar-refractivity contribution in [1.82, 2.24) is 0 Å². The standard InChI is InChI=1S/C22H19N3O3/c1-14-11-19(17-9-5-6-10-18(17)21(14)27)23-24-22(28)15-12-20(26)25(13-15)16-7-3-2-4-8-16/h2-11,15,27H,12-13H2,1H3. The first-order valence-corrected chi connectivity index (χ1v) is 9.07. The predicted molar refractivity (Wildman–Crippen MR) is 107 cm³/mol. The van der Waals surface area contributed by atoms with E-state index in [1.165, 1.54) is 0 Å². The molecule has 1 aliphatic rings. The number of fused-ring (bicyclic) bond motifs is 1. The largest absolute Gasteiger partial charge is 0.507 e. The van der Waals surface area contributed by atoms with Gasteiger partial charge in [-0.1, -0.05) is 42.5 Å². The molecule has 0 aliphatic carbocycles. The number of azo groups is 1. The summed E-state index contributed by atoms with van der Waals surface area (Å²) in [5.41, 5.74) is 1.95. The monoisotopic (exact) mass is 373 g/mol. The van der Waals surface area contributed by atoms with Crippen LogP contribution < -0.4 is 4.90 Å². The van der Waals surface area contributed by atoms with E-state index >= 15 is 0 Å². The lowest BCUT2D eigenvalue weighted by atomic mass is 10.0. The Kier molecular flexibility index (Phi) is 4.61. The number of amides is 2. The lowest BCUT2D eigenvalue weighted by molar-refractivity contribution is -0.124. The SMILES string of the molecule is Cc1cc(N=NC(=O)C2CC(=O)N(c3ccccc3)C2)c2ccccc2c1O. The second-order valence-corrected chi connectivity index (χ2v) is 6.89. The highest BCUT2D eigenvalue weighted by atomic mass is 16.3. The van der Waals surface area contributed by atoms with Crippen LogP contribution in [0, 0.1) is 12.8 Å². The Morgan fingerprint density at radius 3 is 2.50 bits per heavy atom. The smallest absolute Gasteiger partial charge is 0.270 e. The van der Waals surface area contributed by atoms with Gasteiger partial charge >= 0.3 is 0 Å². The molecule has 3 aromatic rings. The molecule has 2 amide bonds. The zero-order valence-electron chi connectivity index (χ0n) is 15.4. The molecule has 0 bridgehead atoms. The number of rotatable bonds is 3. The number of carbonyl (C=O) groups excluding carboxylic acids is 2. The normalized spacial score (nSPS) is 17.0. The van der Waals surface area contributed by atoms with Gasteiger partial charge in [-0.3, -0.25) is 9.59 Å². The number of nitrogens with zero attached hydrogens (tertiary/aromatic N) is 3. The minimum absolute atomic E-state index is 0.0920. The fraction of sp³-hybridized carbons (Fsp3) is 0.182. The van der Waals surface area contributed by atoms with Crippen molar-refractivity contribution in [2.24, 2.45) is 16.1 Å². The minimum Gasteiger partial charge on any atom is -0.507 e. The van der Waals surface area contributed by atoms with E-state index in [4.69, 9.17) is 0 Å². The molecule has 1 N–H and O–H groups in total. The van der Waals surface area contributed by atoms with E-state index in [2.05, 4.69) is 10.2 Å². The summed E-state index contributed by atoms with van der Waals surface area (Å²) in [4.78, 5) is 26.4. The number of aryl methyl sites for hydroxylation is 1. The molecule has 140 valence electrons. The molecule has 1 unspecified atom stereocenters. The van der Waals surface area contributed by atoms with Crippen molar-refractivity contribution in [2.45, 2.75) is 13.3 Å². The molecule has 4 rings (SSSR count). The third-order valence-electron chi connectivity index (χ3n) is 4.98. The van der Waals surface area contributed by atoms with Gasteiger partial charge in [-0.25, -0.2) is 0 Å². The maximum Gasteiger partial charge on any atom is 0.270 e. The maximum atomic E-state index is 12.5. The third-order valence-corrected chi connectivity index (χ3v) is 4.98. The van der Waals surface area contributed by atoms with Gasteiger partial charge < -0.3 is 10.0 Å². The average Bonchev–Trinajstić information content (AvgIpc) is 3.12. The van der Waals surface area contributed by atoms with Gasteiger partial charge in [-0.15, -0.1) is 10.2 Å². The van der Waals surface area contributed by atoms with Crippen LogP contribution in [0.25, 0.3) is 10.8 Å². The Labute approximate surface area is 162 Å². The number of carbonyl (C=O) groups is 2. The Balaban J connectivity index is 1.56. The highest BCUT2D eigenvalue weighted by molar-refractivity contribution is 6.01. The van der Waals surface area contributed by atoms with Gasteiger partial charge in [0.2, 0.25) is 5.91 Å². The van der Waals surface area contributed by atoms with Crippen molar-refractivity contribution in [3.05, 3.63) is 66.2 Å². The Bertz CT molecular complexity index is 1090. The number of aromatic hydroxyl groups is 1. The summed E-state index contributed by atoms with van der Waals surface area (Å²) >= 11 is 0. The molecule has 0 saturated carbocycles. The highest BCUT2D eigenvalue weighted by Crippen LogP contribution is 2.36. The molecule has 1 atom stereocenters. The second kappa shape index (κ2) is 7.23. The summed E-state index contributed by atoms with van der Waals surface area (Å²) in [6.45, 7) is 2.08. The zero-order valence-corrected chi connectivity index (χ0v) is 15.4. The Hall–Kier alpha value is -3.54. The van der Waals surface area contributed by atoms with Crippen molar-refractivity contribution in [1.29, 1.82) is 0 Å². The van der Waals surface area contributed by atoms with E-state index in [0.717, 1.165) is 11.1 Å². The molecular weight excluding hydrogens is 354 g/mol. The molecular formula is C22H19N3O3. The van der Waals surface area contributed by atoms with E-state index in [1.54, 1.807) is 24.0 Å². The summed E-state index contributed by atoms with van der Waals surface area (Å²) in [5.74, 6) is -0.825. The van der Waals surface area contributed by atoms with Crippen LogP contribution in [0.4, 0.5) is 11.4 Å². The van der Waals surface area contributed by atoms with E-state index < -0.39 is 11.8 Å². The number of phenols is 1. The summed E-state index contributed by atoms with van der Waals surface area (Å²) in [6.07, 6.45) is 0.127. The molecule has 1 fully saturated rings. The van der Waals surface area contributed by atoms with Crippen LogP contribution in [0.5, 0.6) is 5.75 Å². The first-order valence-electron chi connectivity index (χ1n) is 9.07. The lowest BCUT2D eigenvalue weighted by Gasteiger charge is -2.15. The molecule has 28 heavy (non-hydrogen) atoms. The molecule has 3 aromatic carbocycles. The van der Waals surface area contributed by atoms with E-state index in [-0.39, 0.29) is 18.1 Å². The van der Waals surface area contributed by atoms with Crippen LogP contribution in [0.15, 0.2) is 70.9 Å². The Morgan fingerprint density at radius 2 is 1.75 bits per heavy atom. The highest BCUT2D eigenvalue weighted by Gasteiger charge is 2.35. The molecule has 1 heterocycles. The number of hydrogen-bond donors (Lipinski definition) is 1. The molecule has 0 spiro atoms. The lowest BCUT2D eigenvalue weighted by Crippen LogP contribution is -2.25. The van der Waals surface area contributed by atoms with E-state index in [0.29, 0.717) is 23.2 Å². The molecule has 6 heteroatoms. The fourth-order valence-electron chi connectivity index (χ4n) is 3.47. The number of para-hydroxylation sites is 1. The van der Waals surface area contributed by atoms with E-state index in [1.807, 2.05) is 48.5 Å². The summed E-state index contributed by atoms with van der Waals surface area (Å²) in [6, 6.07) is 18.3. The predicted octanol–water partition coefficient (Wildman–Crippen LogP) is 4.52. The van der Waals surface area contributed by atoms with Gasteiger partial charge in [0.1, 0.15) is 5.75 Å². The van der Waals surface area contributed by atoms with Crippen molar-refractivity contribution in [2.75, 3.05) is 11.4 Å². The van der Waals surface area contributed by atoms with Crippen molar-refractivity contribution in [3.63, 3.8) is 0 Å². The quantitative estimate of drug-likeness (QED) is 0.685. The van der Waals surface area contributed by atoms with Crippen LogP contribution in [0.2, 0.25) is 0 Å². The van der Waals surface area contributed by atoms with Gasteiger partial charge in [0.15, 0.2) is 0 Å². The first-order chi connectivity index (χ1) is 13.5. The molecule has 6 nitrogen and oxygen atoms in total. The number of benzene rings is 3. The van der Waals surface area contributed by atoms with Crippen LogP contribution >= 0.6 is 0 Å². The van der Waals surface area contributed by atoms with Crippen LogP contribution in [0.1, 0.15) is 12.0 Å². The number of hydrogen-bond acceptors (Lipinski definition) is 4. The van der Waals surface area contributed by atoms with Crippen molar-refractivity contribution >= 4 is 34.0 Å². The molecule has 0 radical (unpaired) electrons. The van der Waals surface area contributed by atoms with Gasteiger partial charge in [0, 0.05) is 29.4 Å². The summed E-state index contributed by atoms with van der Waals surface area (Å²) in [5, 5.41) is 19.6.